The lowest BCUT2D eigenvalue weighted by Gasteiger charge is -2.21. The molecule has 0 aliphatic heterocycles. The third-order valence-electron chi connectivity index (χ3n) is 3.98. The van der Waals surface area contributed by atoms with Crippen molar-refractivity contribution in [3.05, 3.63) is 65.2 Å². The Balaban J connectivity index is 1.88. The van der Waals surface area contributed by atoms with E-state index in [0.29, 0.717) is 11.3 Å². The number of rotatable bonds is 6. The van der Waals surface area contributed by atoms with Gasteiger partial charge in [0.25, 0.3) is 5.91 Å². The van der Waals surface area contributed by atoms with E-state index in [1.165, 1.54) is 18.9 Å². The van der Waals surface area contributed by atoms with Crippen molar-refractivity contribution < 1.29 is 19.1 Å². The summed E-state index contributed by atoms with van der Waals surface area (Å²) in [5.74, 6) is -1.35. The second-order valence-electron chi connectivity index (χ2n) is 6.53. The maximum Gasteiger partial charge on any atom is 0.338 e. The van der Waals surface area contributed by atoms with Gasteiger partial charge in [0, 0.05) is 12.7 Å². The van der Waals surface area contributed by atoms with Crippen LogP contribution in [0.3, 0.4) is 0 Å². The zero-order valence-corrected chi connectivity index (χ0v) is 16.0. The number of hydrogen-bond donors (Lipinski definition) is 1. The van der Waals surface area contributed by atoms with E-state index in [-0.39, 0.29) is 12.5 Å². The molecule has 1 atom stereocenters. The second-order valence-corrected chi connectivity index (χ2v) is 6.53. The lowest BCUT2D eigenvalue weighted by Crippen LogP contribution is -2.41. The maximum absolute atomic E-state index is 12.4. The van der Waals surface area contributed by atoms with Gasteiger partial charge in [-0.15, -0.1) is 0 Å². The van der Waals surface area contributed by atoms with Crippen molar-refractivity contribution in [2.24, 2.45) is 0 Å². The molecule has 2 amide bonds. The summed E-state index contributed by atoms with van der Waals surface area (Å²) in [6.07, 6.45) is -0.991. The number of nitrogens with zero attached hydrogens (tertiary/aromatic N) is 1. The Hall–Kier alpha value is -3.15. The minimum absolute atomic E-state index is 0.140. The van der Waals surface area contributed by atoms with Crippen LogP contribution in [0.4, 0.5) is 5.69 Å². The number of nitrogens with one attached hydrogen (secondary N) is 1. The van der Waals surface area contributed by atoms with Crippen molar-refractivity contribution in [3.63, 3.8) is 0 Å². The van der Waals surface area contributed by atoms with Crippen LogP contribution in [0.25, 0.3) is 0 Å². The van der Waals surface area contributed by atoms with Crippen LogP contribution in [0, 0.1) is 13.8 Å². The summed E-state index contributed by atoms with van der Waals surface area (Å²) in [6, 6.07) is 14.3. The normalized spacial score (nSPS) is 11.4. The van der Waals surface area contributed by atoms with Crippen molar-refractivity contribution in [1.82, 2.24) is 4.90 Å². The molecule has 0 aromatic heterocycles. The Kier molecular flexibility index (Phi) is 6.71. The molecule has 0 saturated carbocycles. The molecule has 2 aromatic rings. The van der Waals surface area contributed by atoms with E-state index in [2.05, 4.69) is 5.32 Å². The highest BCUT2D eigenvalue weighted by atomic mass is 16.5. The second kappa shape index (κ2) is 8.98. The Morgan fingerprint density at radius 3 is 2.33 bits per heavy atom. The number of carbonyl (C=O) groups is 3. The molecule has 1 N–H and O–H groups in total. The summed E-state index contributed by atoms with van der Waals surface area (Å²) in [7, 11) is 1.49. The molecule has 0 unspecified atom stereocenters. The molecule has 6 nitrogen and oxygen atoms in total. The number of hydrogen-bond acceptors (Lipinski definition) is 4. The highest BCUT2D eigenvalue weighted by molar-refractivity contribution is 5.96. The van der Waals surface area contributed by atoms with Gasteiger partial charge in [0.05, 0.1) is 12.1 Å². The molecule has 142 valence electrons. The standard InChI is InChI=1S/C21H24N2O4/c1-14-8-10-18(11-9-14)22-19(24)13-23(4)20(25)16(3)27-21(26)17-7-5-6-15(2)12-17/h5-12,16H,13H2,1-4H3,(H,22,24)/t16-/m1/s1. The van der Waals surface area contributed by atoms with Gasteiger partial charge in [-0.05, 0) is 45.0 Å². The molecule has 0 aliphatic rings. The first kappa shape index (κ1) is 20.2. The topological polar surface area (TPSA) is 75.7 Å². The third kappa shape index (κ3) is 5.95. The molecule has 0 bridgehead atoms. The Morgan fingerprint density at radius 2 is 1.70 bits per heavy atom. The minimum atomic E-state index is -0.991. The molecule has 0 aliphatic carbocycles. The van der Waals surface area contributed by atoms with Gasteiger partial charge in [-0.3, -0.25) is 9.59 Å². The summed E-state index contributed by atoms with van der Waals surface area (Å²) in [5.41, 5.74) is 3.05. The van der Waals surface area contributed by atoms with Crippen LogP contribution < -0.4 is 5.32 Å². The molecular formula is C21H24N2O4. The van der Waals surface area contributed by atoms with Gasteiger partial charge >= 0.3 is 5.97 Å². The first-order chi connectivity index (χ1) is 12.8. The molecule has 0 saturated heterocycles. The van der Waals surface area contributed by atoms with Gasteiger partial charge in [-0.2, -0.15) is 0 Å². The van der Waals surface area contributed by atoms with Crippen molar-refractivity contribution in [3.8, 4) is 0 Å². The van der Waals surface area contributed by atoms with E-state index in [1.807, 2.05) is 32.0 Å². The number of ether oxygens (including phenoxy) is 1. The van der Waals surface area contributed by atoms with Crippen LogP contribution in [-0.4, -0.2) is 42.4 Å². The molecule has 0 spiro atoms. The van der Waals surface area contributed by atoms with Crippen molar-refractivity contribution in [2.75, 3.05) is 18.9 Å². The van der Waals surface area contributed by atoms with Crippen molar-refractivity contribution in [1.29, 1.82) is 0 Å². The van der Waals surface area contributed by atoms with Crippen LogP contribution in [-0.2, 0) is 14.3 Å². The Bertz CT molecular complexity index is 830. The molecule has 0 radical (unpaired) electrons. The van der Waals surface area contributed by atoms with E-state index in [9.17, 15) is 14.4 Å². The average molecular weight is 368 g/mol. The number of likely N-dealkylation sites (N-methyl/N-ethyl adjacent to an activating group) is 1. The predicted molar refractivity (Wildman–Crippen MR) is 104 cm³/mol. The van der Waals surface area contributed by atoms with Gasteiger partial charge in [0.1, 0.15) is 0 Å². The van der Waals surface area contributed by atoms with Crippen LogP contribution in [0.15, 0.2) is 48.5 Å². The zero-order valence-electron chi connectivity index (χ0n) is 16.0. The van der Waals surface area contributed by atoms with Gasteiger partial charge in [-0.25, -0.2) is 4.79 Å². The lowest BCUT2D eigenvalue weighted by atomic mass is 10.1. The van der Waals surface area contributed by atoms with Gasteiger partial charge < -0.3 is 15.0 Å². The molecule has 27 heavy (non-hydrogen) atoms. The summed E-state index contributed by atoms with van der Waals surface area (Å²) in [5, 5.41) is 2.73. The molecule has 0 fully saturated rings. The van der Waals surface area contributed by atoms with Gasteiger partial charge in [0.2, 0.25) is 5.91 Å². The van der Waals surface area contributed by atoms with Crippen molar-refractivity contribution in [2.45, 2.75) is 26.9 Å². The number of benzene rings is 2. The third-order valence-corrected chi connectivity index (χ3v) is 3.98. The minimum Gasteiger partial charge on any atom is -0.449 e. The first-order valence-electron chi connectivity index (χ1n) is 8.65. The summed E-state index contributed by atoms with van der Waals surface area (Å²) in [6.45, 7) is 5.17. The fourth-order valence-electron chi connectivity index (χ4n) is 2.49. The Labute approximate surface area is 159 Å². The van der Waals surface area contributed by atoms with Gasteiger partial charge in [-0.1, -0.05) is 35.4 Å². The summed E-state index contributed by atoms with van der Waals surface area (Å²) in [4.78, 5) is 37.9. The van der Waals surface area contributed by atoms with Crippen molar-refractivity contribution >= 4 is 23.5 Å². The fraction of sp³-hybridized carbons (Fsp3) is 0.286. The monoisotopic (exact) mass is 368 g/mol. The average Bonchev–Trinajstić information content (AvgIpc) is 2.62. The van der Waals surface area contributed by atoms with E-state index in [0.717, 1.165) is 11.1 Å². The highest BCUT2D eigenvalue weighted by Crippen LogP contribution is 2.10. The van der Waals surface area contributed by atoms with Crippen LogP contribution in [0.1, 0.15) is 28.4 Å². The number of anilines is 1. The maximum atomic E-state index is 12.4. The number of amides is 2. The molecule has 2 rings (SSSR count). The van der Waals surface area contributed by atoms with E-state index < -0.39 is 18.0 Å². The molecule has 2 aromatic carbocycles. The number of aryl methyl sites for hydroxylation is 2. The Morgan fingerprint density at radius 1 is 1.04 bits per heavy atom. The number of esters is 1. The van der Waals surface area contributed by atoms with E-state index in [4.69, 9.17) is 4.74 Å². The number of carbonyl (C=O) groups excluding carboxylic acids is 3. The zero-order chi connectivity index (χ0) is 20.0. The SMILES string of the molecule is Cc1ccc(NC(=O)CN(C)C(=O)[C@@H](C)OC(=O)c2cccc(C)c2)cc1. The fourth-order valence-corrected chi connectivity index (χ4v) is 2.49. The van der Waals surface area contributed by atoms with Crippen LogP contribution >= 0.6 is 0 Å². The van der Waals surface area contributed by atoms with Crippen LogP contribution in [0.5, 0.6) is 0 Å². The smallest absolute Gasteiger partial charge is 0.338 e. The predicted octanol–water partition coefficient (Wildman–Crippen LogP) is 2.95. The summed E-state index contributed by atoms with van der Waals surface area (Å²) < 4.78 is 5.23. The first-order valence-corrected chi connectivity index (χ1v) is 8.65. The van der Waals surface area contributed by atoms with Crippen LogP contribution in [0.2, 0.25) is 0 Å². The molecule has 6 heteroatoms. The largest absolute Gasteiger partial charge is 0.449 e. The highest BCUT2D eigenvalue weighted by Gasteiger charge is 2.23. The molecule has 0 heterocycles. The van der Waals surface area contributed by atoms with Gasteiger partial charge in [0.15, 0.2) is 6.10 Å². The lowest BCUT2D eigenvalue weighted by molar-refractivity contribution is -0.140. The van der Waals surface area contributed by atoms with E-state index >= 15 is 0 Å². The van der Waals surface area contributed by atoms with E-state index in [1.54, 1.807) is 30.3 Å². The molecular weight excluding hydrogens is 344 g/mol. The summed E-state index contributed by atoms with van der Waals surface area (Å²) >= 11 is 0. The quantitative estimate of drug-likeness (QED) is 0.796.